The summed E-state index contributed by atoms with van der Waals surface area (Å²) >= 11 is 0. The number of methoxy groups -OCH3 is 4. The van der Waals surface area contributed by atoms with E-state index in [1.54, 1.807) is 24.3 Å². The highest BCUT2D eigenvalue weighted by Gasteiger charge is 2.49. The molecule has 0 unspecified atom stereocenters. The highest BCUT2D eigenvalue weighted by Crippen LogP contribution is 2.54. The van der Waals surface area contributed by atoms with Crippen molar-refractivity contribution in [3.8, 4) is 40.2 Å². The van der Waals surface area contributed by atoms with E-state index in [0.717, 1.165) is 11.1 Å². The molecule has 0 spiro atoms. The molecule has 0 radical (unpaired) electrons. The summed E-state index contributed by atoms with van der Waals surface area (Å²) in [6.07, 6.45) is -3.02. The Labute approximate surface area is 243 Å². The monoisotopic (exact) mass is 584 g/mol. The molecule has 2 saturated heterocycles. The third kappa shape index (κ3) is 5.48. The zero-order valence-electron chi connectivity index (χ0n) is 23.9. The number of aromatic hydroxyl groups is 2. The van der Waals surface area contributed by atoms with Gasteiger partial charge < -0.3 is 53.6 Å². The molecular weight excluding hydrogens is 548 g/mol. The fraction of sp³-hybridized carbons (Fsp3) is 0.419. The molecule has 3 aromatic carbocycles. The first-order valence-electron chi connectivity index (χ1n) is 13.5. The van der Waals surface area contributed by atoms with Crippen molar-refractivity contribution in [1.29, 1.82) is 0 Å². The highest BCUT2D eigenvalue weighted by atomic mass is 16.6. The average Bonchev–Trinajstić information content (AvgIpc) is 3.63. The van der Waals surface area contributed by atoms with Gasteiger partial charge in [0, 0.05) is 11.8 Å². The summed E-state index contributed by atoms with van der Waals surface area (Å²) < 4.78 is 40.4. The van der Waals surface area contributed by atoms with Crippen molar-refractivity contribution in [2.24, 2.45) is 11.8 Å². The third-order valence-electron chi connectivity index (χ3n) is 7.93. The van der Waals surface area contributed by atoms with Gasteiger partial charge in [-0.05, 0) is 53.1 Å². The minimum absolute atomic E-state index is 0.0486. The fourth-order valence-corrected chi connectivity index (χ4v) is 5.72. The normalized spacial score (nSPS) is 22.7. The number of hydrogen-bond donors (Lipinski definition) is 4. The lowest BCUT2D eigenvalue weighted by molar-refractivity contribution is -0.00505. The molecule has 6 atom stereocenters. The standard InChI is InChI=1S/C31H36O11/c1-36-23-9-16(5-7-21(23)33)28(35)27(13-32)41-31-25(38-3)11-18(12-26(31)39-4)30-20-15-40-14-19(20)29(42-30)17-6-8-22(34)24(10-17)37-2/h5-12,19-20,27-30,32-35H,13-15H2,1-4H3/t19-,20+,27+,28+,29+,30-/m0/s1. The lowest BCUT2D eigenvalue weighted by Crippen LogP contribution is -2.29. The molecule has 5 rings (SSSR count). The number of rotatable bonds is 11. The van der Waals surface area contributed by atoms with Crippen LogP contribution >= 0.6 is 0 Å². The predicted molar refractivity (Wildman–Crippen MR) is 150 cm³/mol. The van der Waals surface area contributed by atoms with Gasteiger partial charge in [-0.15, -0.1) is 0 Å². The van der Waals surface area contributed by atoms with Crippen molar-refractivity contribution >= 4 is 0 Å². The van der Waals surface area contributed by atoms with Gasteiger partial charge in [0.2, 0.25) is 5.75 Å². The van der Waals surface area contributed by atoms with Crippen molar-refractivity contribution in [2.75, 3.05) is 48.3 Å². The summed E-state index contributed by atoms with van der Waals surface area (Å²) in [4.78, 5) is 0. The first kappa shape index (κ1) is 29.6. The van der Waals surface area contributed by atoms with Gasteiger partial charge in [0.25, 0.3) is 0 Å². The molecule has 4 N–H and O–H groups in total. The number of phenols is 2. The van der Waals surface area contributed by atoms with Gasteiger partial charge in [0.05, 0.1) is 60.5 Å². The topological polar surface area (TPSA) is 146 Å². The highest BCUT2D eigenvalue weighted by molar-refractivity contribution is 5.55. The molecule has 2 heterocycles. The molecule has 0 bridgehead atoms. The van der Waals surface area contributed by atoms with Gasteiger partial charge in [0.1, 0.15) is 6.10 Å². The van der Waals surface area contributed by atoms with Crippen molar-refractivity contribution in [3.05, 3.63) is 65.2 Å². The maximum Gasteiger partial charge on any atom is 0.204 e. The van der Waals surface area contributed by atoms with Gasteiger partial charge in [-0.3, -0.25) is 0 Å². The molecule has 3 aromatic rings. The van der Waals surface area contributed by atoms with Crippen LogP contribution in [0.2, 0.25) is 0 Å². The number of fused-ring (bicyclic) bond motifs is 1. The lowest BCUT2D eigenvalue weighted by Gasteiger charge is -2.26. The molecule has 2 aliphatic rings. The second kappa shape index (κ2) is 12.5. The Bertz CT molecular complexity index is 1370. The molecule has 226 valence electrons. The van der Waals surface area contributed by atoms with Crippen LogP contribution in [0.25, 0.3) is 0 Å². The van der Waals surface area contributed by atoms with E-state index in [1.165, 1.54) is 46.6 Å². The Balaban J connectivity index is 1.44. The zero-order chi connectivity index (χ0) is 30.0. The number of hydrogen-bond acceptors (Lipinski definition) is 11. The number of phenolic OH excluding ortho intramolecular Hbond substituents is 2. The van der Waals surface area contributed by atoms with Crippen LogP contribution in [0.5, 0.6) is 40.2 Å². The van der Waals surface area contributed by atoms with Crippen LogP contribution in [0.1, 0.15) is 35.0 Å². The predicted octanol–water partition coefficient (Wildman–Crippen LogP) is 3.68. The average molecular weight is 585 g/mol. The largest absolute Gasteiger partial charge is 0.504 e. The Morgan fingerprint density at radius 2 is 1.26 bits per heavy atom. The molecule has 11 nitrogen and oxygen atoms in total. The van der Waals surface area contributed by atoms with Gasteiger partial charge in [0.15, 0.2) is 40.6 Å². The van der Waals surface area contributed by atoms with Gasteiger partial charge in [-0.2, -0.15) is 0 Å². The summed E-state index contributed by atoms with van der Waals surface area (Å²) in [6, 6.07) is 13.2. The summed E-state index contributed by atoms with van der Waals surface area (Å²) in [6.45, 7) is 0.518. The van der Waals surface area contributed by atoms with Crippen LogP contribution in [-0.2, 0) is 9.47 Å². The quantitative estimate of drug-likeness (QED) is 0.262. The van der Waals surface area contributed by atoms with Crippen molar-refractivity contribution in [3.63, 3.8) is 0 Å². The maximum absolute atomic E-state index is 11.0. The van der Waals surface area contributed by atoms with Gasteiger partial charge in [-0.1, -0.05) is 12.1 Å². The maximum atomic E-state index is 11.0. The number of aliphatic hydroxyl groups is 2. The molecule has 42 heavy (non-hydrogen) atoms. The van der Waals surface area contributed by atoms with Crippen molar-refractivity contribution in [1.82, 2.24) is 0 Å². The van der Waals surface area contributed by atoms with Crippen LogP contribution < -0.4 is 23.7 Å². The Kier molecular flexibility index (Phi) is 8.83. The molecule has 0 aromatic heterocycles. The van der Waals surface area contributed by atoms with Gasteiger partial charge in [-0.25, -0.2) is 0 Å². The summed E-state index contributed by atoms with van der Waals surface area (Å²) in [5.41, 5.74) is 2.04. The fourth-order valence-electron chi connectivity index (χ4n) is 5.72. The van der Waals surface area contributed by atoms with Crippen LogP contribution in [-0.4, -0.2) is 74.8 Å². The summed E-state index contributed by atoms with van der Waals surface area (Å²) in [5, 5.41) is 41.2. The van der Waals surface area contributed by atoms with E-state index >= 15 is 0 Å². The van der Waals surface area contributed by atoms with Gasteiger partial charge >= 0.3 is 0 Å². The summed E-state index contributed by atoms with van der Waals surface area (Å²) in [7, 11) is 5.88. The smallest absolute Gasteiger partial charge is 0.204 e. The van der Waals surface area contributed by atoms with Crippen molar-refractivity contribution in [2.45, 2.75) is 24.4 Å². The summed E-state index contributed by atoms with van der Waals surface area (Å²) in [5.74, 6) is 1.49. The third-order valence-corrected chi connectivity index (χ3v) is 7.93. The first-order chi connectivity index (χ1) is 20.3. The minimum atomic E-state index is -1.27. The van der Waals surface area contributed by atoms with E-state index < -0.39 is 18.8 Å². The minimum Gasteiger partial charge on any atom is -0.504 e. The molecular formula is C31H36O11. The molecule has 2 fully saturated rings. The Morgan fingerprint density at radius 1 is 0.738 bits per heavy atom. The van der Waals surface area contributed by atoms with E-state index in [0.29, 0.717) is 36.0 Å². The number of ether oxygens (including phenoxy) is 7. The van der Waals surface area contributed by atoms with Crippen LogP contribution in [0.3, 0.4) is 0 Å². The molecule has 11 heteroatoms. The van der Waals surface area contributed by atoms with Crippen LogP contribution in [0.4, 0.5) is 0 Å². The van der Waals surface area contributed by atoms with E-state index in [-0.39, 0.29) is 47.0 Å². The zero-order valence-corrected chi connectivity index (χ0v) is 23.9. The molecule has 0 aliphatic carbocycles. The lowest BCUT2D eigenvalue weighted by atomic mass is 9.85. The van der Waals surface area contributed by atoms with Crippen LogP contribution in [0.15, 0.2) is 48.5 Å². The van der Waals surface area contributed by atoms with E-state index in [9.17, 15) is 20.4 Å². The Hall–Kier alpha value is -3.90. The van der Waals surface area contributed by atoms with E-state index in [2.05, 4.69) is 0 Å². The van der Waals surface area contributed by atoms with Crippen LogP contribution in [0, 0.1) is 11.8 Å². The number of aliphatic hydroxyl groups excluding tert-OH is 2. The molecule has 0 amide bonds. The van der Waals surface area contributed by atoms with Crippen molar-refractivity contribution < 1.29 is 53.6 Å². The Morgan fingerprint density at radius 3 is 1.83 bits per heavy atom. The second-order valence-corrected chi connectivity index (χ2v) is 10.2. The molecule has 2 aliphatic heterocycles. The molecule has 0 saturated carbocycles. The second-order valence-electron chi connectivity index (χ2n) is 10.2. The SMILES string of the molecule is COc1cc([C@@H](O)[C@@H](CO)Oc2c(OC)cc([C@@H]3O[C@H](c4ccc(O)c(OC)c4)[C@H]4COC[C@H]43)cc2OC)ccc1O. The first-order valence-corrected chi connectivity index (χ1v) is 13.5. The number of benzene rings is 3. The van der Waals surface area contributed by atoms with E-state index in [1.807, 2.05) is 6.07 Å². The van der Waals surface area contributed by atoms with E-state index in [4.69, 9.17) is 33.2 Å².